The van der Waals surface area contributed by atoms with Gasteiger partial charge in [-0.15, -0.1) is 0 Å². The Labute approximate surface area is 110 Å². The van der Waals surface area contributed by atoms with E-state index < -0.39 is 0 Å². The summed E-state index contributed by atoms with van der Waals surface area (Å²) in [6.45, 7) is 4.40. The zero-order valence-corrected chi connectivity index (χ0v) is 11.8. The second-order valence-electron chi connectivity index (χ2n) is 4.96. The summed E-state index contributed by atoms with van der Waals surface area (Å²) in [5, 5.41) is 3.31. The normalized spacial score (nSPS) is 12.8. The van der Waals surface area contributed by atoms with E-state index in [9.17, 15) is 4.39 Å². The maximum absolute atomic E-state index is 13.9. The summed E-state index contributed by atoms with van der Waals surface area (Å²) < 4.78 is 18.9. The number of benzene rings is 1. The van der Waals surface area contributed by atoms with Crippen LogP contribution < -0.4 is 10.1 Å². The maximum atomic E-state index is 13.9. The Kier molecular flexibility index (Phi) is 6.13. The number of aryl methyl sites for hydroxylation is 1. The van der Waals surface area contributed by atoms with Gasteiger partial charge >= 0.3 is 0 Å². The molecule has 1 atom stereocenters. The van der Waals surface area contributed by atoms with Crippen molar-refractivity contribution in [3.8, 4) is 5.75 Å². The van der Waals surface area contributed by atoms with Crippen LogP contribution in [-0.4, -0.2) is 20.2 Å². The maximum Gasteiger partial charge on any atom is 0.168 e. The molecule has 102 valence electrons. The van der Waals surface area contributed by atoms with Gasteiger partial charge in [0.15, 0.2) is 11.6 Å². The monoisotopic (exact) mass is 253 g/mol. The van der Waals surface area contributed by atoms with Gasteiger partial charge in [-0.2, -0.15) is 0 Å². The highest BCUT2D eigenvalue weighted by Crippen LogP contribution is 2.22. The lowest BCUT2D eigenvalue weighted by atomic mass is 9.97. The van der Waals surface area contributed by atoms with Gasteiger partial charge in [0.2, 0.25) is 0 Å². The molecule has 1 N–H and O–H groups in total. The van der Waals surface area contributed by atoms with E-state index >= 15 is 0 Å². The van der Waals surface area contributed by atoms with E-state index in [4.69, 9.17) is 4.74 Å². The lowest BCUT2D eigenvalue weighted by molar-refractivity contribution is 0.379. The van der Waals surface area contributed by atoms with Gasteiger partial charge in [-0.3, -0.25) is 0 Å². The Hall–Kier alpha value is -1.09. The molecule has 2 nitrogen and oxygen atoms in total. The van der Waals surface area contributed by atoms with Crippen LogP contribution in [0.15, 0.2) is 18.2 Å². The molecule has 0 aromatic heterocycles. The number of hydrogen-bond donors (Lipinski definition) is 1. The fraction of sp³-hybridized carbons (Fsp3) is 0.600. The van der Waals surface area contributed by atoms with Crippen LogP contribution >= 0.6 is 0 Å². The van der Waals surface area contributed by atoms with Crippen LogP contribution in [0.5, 0.6) is 5.75 Å². The van der Waals surface area contributed by atoms with Crippen molar-refractivity contribution in [2.75, 3.05) is 14.2 Å². The number of hydrogen-bond acceptors (Lipinski definition) is 2. The predicted octanol–water partition coefficient (Wildman–Crippen LogP) is 3.40. The zero-order valence-electron chi connectivity index (χ0n) is 11.8. The number of rotatable bonds is 7. The molecule has 0 aliphatic heterocycles. The topological polar surface area (TPSA) is 21.3 Å². The fourth-order valence-corrected chi connectivity index (χ4v) is 2.23. The van der Waals surface area contributed by atoms with Crippen molar-refractivity contribution >= 4 is 0 Å². The summed E-state index contributed by atoms with van der Waals surface area (Å²) in [4.78, 5) is 0. The van der Waals surface area contributed by atoms with Crippen LogP contribution in [0.3, 0.4) is 0 Å². The van der Waals surface area contributed by atoms with Gasteiger partial charge in [0.05, 0.1) is 7.11 Å². The van der Waals surface area contributed by atoms with Crippen LogP contribution in [0.2, 0.25) is 0 Å². The first kappa shape index (κ1) is 15.0. The molecule has 0 saturated heterocycles. The minimum absolute atomic E-state index is 0.217. The molecule has 1 aromatic carbocycles. The number of halogens is 1. The average molecular weight is 253 g/mol. The minimum Gasteiger partial charge on any atom is -0.494 e. The van der Waals surface area contributed by atoms with Gasteiger partial charge in [-0.25, -0.2) is 4.39 Å². The number of nitrogens with one attached hydrogen (secondary N) is 1. The molecule has 1 rings (SSSR count). The van der Waals surface area contributed by atoms with Crippen LogP contribution in [0.25, 0.3) is 0 Å². The molecule has 1 unspecified atom stereocenters. The SMILES string of the molecule is CNC(CCCc1cccc(OC)c1F)C(C)C. The molecule has 0 radical (unpaired) electrons. The van der Waals surface area contributed by atoms with Crippen molar-refractivity contribution in [1.82, 2.24) is 5.32 Å². The summed E-state index contributed by atoms with van der Waals surface area (Å²) >= 11 is 0. The van der Waals surface area contributed by atoms with Crippen LogP contribution in [0, 0.1) is 11.7 Å². The Bertz CT molecular complexity index is 366. The van der Waals surface area contributed by atoms with Crippen molar-refractivity contribution < 1.29 is 9.13 Å². The van der Waals surface area contributed by atoms with Crippen LogP contribution in [0.4, 0.5) is 4.39 Å². The van der Waals surface area contributed by atoms with Gasteiger partial charge in [-0.1, -0.05) is 26.0 Å². The molecule has 3 heteroatoms. The Morgan fingerprint density at radius 3 is 2.61 bits per heavy atom. The molecule has 18 heavy (non-hydrogen) atoms. The van der Waals surface area contributed by atoms with Gasteiger partial charge in [0.1, 0.15) is 0 Å². The van der Waals surface area contributed by atoms with Crippen molar-refractivity contribution in [1.29, 1.82) is 0 Å². The summed E-state index contributed by atoms with van der Waals surface area (Å²) in [5.41, 5.74) is 0.743. The van der Waals surface area contributed by atoms with Crippen molar-refractivity contribution in [2.24, 2.45) is 5.92 Å². The van der Waals surface area contributed by atoms with Gasteiger partial charge < -0.3 is 10.1 Å². The van der Waals surface area contributed by atoms with E-state index in [0.29, 0.717) is 17.7 Å². The third kappa shape index (κ3) is 3.98. The first-order chi connectivity index (χ1) is 8.60. The van der Waals surface area contributed by atoms with Crippen molar-refractivity contribution in [3.05, 3.63) is 29.6 Å². The predicted molar refractivity (Wildman–Crippen MR) is 73.6 cm³/mol. The van der Waals surface area contributed by atoms with E-state index in [2.05, 4.69) is 19.2 Å². The van der Waals surface area contributed by atoms with Gasteiger partial charge in [0, 0.05) is 6.04 Å². The Morgan fingerprint density at radius 2 is 2.06 bits per heavy atom. The molecule has 0 spiro atoms. The fourth-order valence-electron chi connectivity index (χ4n) is 2.23. The van der Waals surface area contributed by atoms with E-state index in [0.717, 1.165) is 24.8 Å². The highest BCUT2D eigenvalue weighted by molar-refractivity contribution is 5.31. The second kappa shape index (κ2) is 7.37. The van der Waals surface area contributed by atoms with Gasteiger partial charge in [-0.05, 0) is 43.9 Å². The van der Waals surface area contributed by atoms with E-state index in [-0.39, 0.29) is 5.82 Å². The van der Waals surface area contributed by atoms with E-state index in [1.807, 2.05) is 19.2 Å². The Morgan fingerprint density at radius 1 is 1.33 bits per heavy atom. The third-order valence-corrected chi connectivity index (χ3v) is 3.40. The molecule has 1 aromatic rings. The molecular formula is C15H24FNO. The summed E-state index contributed by atoms with van der Waals surface area (Å²) in [7, 11) is 3.48. The second-order valence-corrected chi connectivity index (χ2v) is 4.96. The quantitative estimate of drug-likeness (QED) is 0.804. The minimum atomic E-state index is -0.217. The highest BCUT2D eigenvalue weighted by Gasteiger charge is 2.12. The molecular weight excluding hydrogens is 229 g/mol. The number of ether oxygens (including phenoxy) is 1. The van der Waals surface area contributed by atoms with Gasteiger partial charge in [0.25, 0.3) is 0 Å². The molecule has 0 heterocycles. The van der Waals surface area contributed by atoms with Crippen molar-refractivity contribution in [3.63, 3.8) is 0 Å². The van der Waals surface area contributed by atoms with Crippen LogP contribution in [-0.2, 0) is 6.42 Å². The average Bonchev–Trinajstić information content (AvgIpc) is 2.36. The lowest BCUT2D eigenvalue weighted by Gasteiger charge is -2.20. The van der Waals surface area contributed by atoms with Crippen molar-refractivity contribution in [2.45, 2.75) is 39.2 Å². The highest BCUT2D eigenvalue weighted by atomic mass is 19.1. The molecule has 0 saturated carbocycles. The summed E-state index contributed by atoms with van der Waals surface area (Å²) in [6, 6.07) is 5.83. The zero-order chi connectivity index (χ0) is 13.5. The standard InChI is InChI=1S/C15H24FNO/c1-11(2)13(17-3)9-5-7-12-8-6-10-14(18-4)15(12)16/h6,8,10-11,13,17H,5,7,9H2,1-4H3. The molecule has 0 aliphatic rings. The molecule has 0 amide bonds. The first-order valence-corrected chi connectivity index (χ1v) is 6.58. The smallest absolute Gasteiger partial charge is 0.168 e. The van der Waals surface area contributed by atoms with E-state index in [1.165, 1.54) is 7.11 Å². The third-order valence-electron chi connectivity index (χ3n) is 3.40. The molecule has 0 bridgehead atoms. The summed E-state index contributed by atoms with van der Waals surface area (Å²) in [6.07, 6.45) is 2.80. The molecule has 0 fully saturated rings. The molecule has 0 aliphatic carbocycles. The Balaban J connectivity index is 2.53. The summed E-state index contributed by atoms with van der Waals surface area (Å²) in [5.74, 6) is 0.720. The van der Waals surface area contributed by atoms with Crippen LogP contribution in [0.1, 0.15) is 32.3 Å². The first-order valence-electron chi connectivity index (χ1n) is 6.58. The lowest BCUT2D eigenvalue weighted by Crippen LogP contribution is -2.30. The largest absolute Gasteiger partial charge is 0.494 e. The number of methoxy groups -OCH3 is 1. The van der Waals surface area contributed by atoms with E-state index in [1.54, 1.807) is 6.07 Å².